The van der Waals surface area contributed by atoms with Crippen molar-refractivity contribution in [2.24, 2.45) is 0 Å². The standard InChI is InChI=1S/C23H25ClN4O3S/c24-20-8-3-2-7-19(20)21-9-5-11-27(21)17-23(29)26-12-14-28(15-13-26)32(30,31)22-10-4-1-6-18(22)16-25/h1-4,6-8,10,21H,5,9,11-15,17H2. The van der Waals surface area contributed by atoms with Gasteiger partial charge >= 0.3 is 0 Å². The first-order chi connectivity index (χ1) is 15.4. The SMILES string of the molecule is N#Cc1ccccc1S(=O)(=O)N1CCN(C(=O)CN2CCCC2c2ccccc2Cl)CC1. The van der Waals surface area contributed by atoms with E-state index < -0.39 is 10.0 Å². The average molecular weight is 473 g/mol. The van der Waals surface area contributed by atoms with E-state index in [-0.39, 0.29) is 35.5 Å². The third-order valence-corrected chi connectivity index (χ3v) is 8.48. The summed E-state index contributed by atoms with van der Waals surface area (Å²) in [5.74, 6) is -0.00146. The number of benzene rings is 2. The van der Waals surface area contributed by atoms with Gasteiger partial charge in [0.15, 0.2) is 0 Å². The molecule has 1 atom stereocenters. The zero-order chi connectivity index (χ0) is 22.7. The van der Waals surface area contributed by atoms with Crippen molar-refractivity contribution in [1.29, 1.82) is 5.26 Å². The summed E-state index contributed by atoms with van der Waals surface area (Å²) in [6.07, 6.45) is 1.97. The number of nitrogens with zero attached hydrogens (tertiary/aromatic N) is 4. The van der Waals surface area contributed by atoms with Gasteiger partial charge in [0.05, 0.1) is 17.0 Å². The number of piperazine rings is 1. The molecule has 0 radical (unpaired) electrons. The van der Waals surface area contributed by atoms with Gasteiger partial charge in [-0.05, 0) is 43.1 Å². The van der Waals surface area contributed by atoms with Crippen LogP contribution >= 0.6 is 11.6 Å². The largest absolute Gasteiger partial charge is 0.339 e. The van der Waals surface area contributed by atoms with Crippen LogP contribution in [0.25, 0.3) is 0 Å². The van der Waals surface area contributed by atoms with Crippen molar-refractivity contribution >= 4 is 27.5 Å². The first-order valence-electron chi connectivity index (χ1n) is 10.7. The van der Waals surface area contributed by atoms with Crippen LogP contribution in [0.15, 0.2) is 53.4 Å². The molecule has 0 spiro atoms. The van der Waals surface area contributed by atoms with Gasteiger partial charge in [-0.2, -0.15) is 9.57 Å². The molecule has 0 saturated carbocycles. The summed E-state index contributed by atoms with van der Waals surface area (Å²) in [4.78, 5) is 16.9. The Labute approximate surface area is 193 Å². The number of carbonyl (C=O) groups excluding carboxylic acids is 1. The van der Waals surface area contributed by atoms with Crippen LogP contribution in [0.4, 0.5) is 0 Å². The van der Waals surface area contributed by atoms with Gasteiger partial charge in [0, 0.05) is 37.2 Å². The monoisotopic (exact) mass is 472 g/mol. The summed E-state index contributed by atoms with van der Waals surface area (Å²) in [6.45, 7) is 2.21. The van der Waals surface area contributed by atoms with Crippen LogP contribution in [0.5, 0.6) is 0 Å². The minimum absolute atomic E-state index is 0.00146. The molecular weight excluding hydrogens is 448 g/mol. The minimum atomic E-state index is -3.78. The van der Waals surface area contributed by atoms with E-state index in [4.69, 9.17) is 11.6 Å². The number of sulfonamides is 1. The Morgan fingerprint density at radius 1 is 1.03 bits per heavy atom. The fourth-order valence-electron chi connectivity index (χ4n) is 4.49. The van der Waals surface area contributed by atoms with Crippen molar-refractivity contribution in [1.82, 2.24) is 14.1 Å². The second kappa shape index (κ2) is 9.59. The van der Waals surface area contributed by atoms with Crippen molar-refractivity contribution in [3.05, 3.63) is 64.7 Å². The molecular formula is C23H25ClN4O3S. The number of amides is 1. The highest BCUT2D eigenvalue weighted by Crippen LogP contribution is 2.35. The smallest absolute Gasteiger partial charge is 0.244 e. The van der Waals surface area contributed by atoms with Crippen molar-refractivity contribution in [3.63, 3.8) is 0 Å². The number of likely N-dealkylation sites (tertiary alicyclic amines) is 1. The maximum absolute atomic E-state index is 13.0. The second-order valence-electron chi connectivity index (χ2n) is 8.04. The van der Waals surface area contributed by atoms with Gasteiger partial charge in [0.2, 0.25) is 15.9 Å². The van der Waals surface area contributed by atoms with Crippen LogP contribution in [-0.2, 0) is 14.8 Å². The quantitative estimate of drug-likeness (QED) is 0.668. The molecule has 2 aliphatic heterocycles. The summed E-state index contributed by atoms with van der Waals surface area (Å²) in [6, 6.07) is 16.0. The van der Waals surface area contributed by atoms with E-state index in [9.17, 15) is 18.5 Å². The zero-order valence-electron chi connectivity index (χ0n) is 17.7. The van der Waals surface area contributed by atoms with Gasteiger partial charge in [-0.15, -0.1) is 0 Å². The third-order valence-electron chi connectivity index (χ3n) is 6.18. The molecule has 168 valence electrons. The highest BCUT2D eigenvalue weighted by Gasteiger charge is 2.34. The minimum Gasteiger partial charge on any atom is -0.339 e. The number of carbonyl (C=O) groups is 1. The average Bonchev–Trinajstić information content (AvgIpc) is 3.27. The van der Waals surface area contributed by atoms with Crippen LogP contribution in [-0.4, -0.2) is 67.7 Å². The van der Waals surface area contributed by atoms with E-state index >= 15 is 0 Å². The molecule has 0 bridgehead atoms. The first-order valence-corrected chi connectivity index (χ1v) is 12.5. The Kier molecular flexibility index (Phi) is 6.82. The van der Waals surface area contributed by atoms with E-state index in [1.54, 1.807) is 17.0 Å². The lowest BCUT2D eigenvalue weighted by Gasteiger charge is -2.35. The predicted octanol–water partition coefficient (Wildman–Crippen LogP) is 2.88. The molecule has 4 rings (SSSR count). The topological polar surface area (TPSA) is 84.7 Å². The molecule has 1 amide bonds. The fraction of sp³-hybridized carbons (Fsp3) is 0.391. The van der Waals surface area contributed by atoms with Gasteiger partial charge in [0.25, 0.3) is 0 Å². The van der Waals surface area contributed by atoms with Crippen LogP contribution in [0, 0.1) is 11.3 Å². The van der Waals surface area contributed by atoms with Gasteiger partial charge in [-0.25, -0.2) is 8.42 Å². The Bertz CT molecular complexity index is 1140. The molecule has 0 N–H and O–H groups in total. The molecule has 9 heteroatoms. The van der Waals surface area contributed by atoms with Gasteiger partial charge in [-0.1, -0.05) is 41.9 Å². The summed E-state index contributed by atoms with van der Waals surface area (Å²) in [5.41, 5.74) is 1.18. The van der Waals surface area contributed by atoms with Crippen LogP contribution in [0.3, 0.4) is 0 Å². The van der Waals surface area contributed by atoms with Crippen molar-refractivity contribution in [3.8, 4) is 6.07 Å². The Hall–Kier alpha value is -2.44. The van der Waals surface area contributed by atoms with Crippen LogP contribution in [0.1, 0.15) is 30.0 Å². The van der Waals surface area contributed by atoms with Gasteiger partial charge in [0.1, 0.15) is 6.07 Å². The normalized spacial score (nSPS) is 20.2. The van der Waals surface area contributed by atoms with Crippen molar-refractivity contribution < 1.29 is 13.2 Å². The third kappa shape index (κ3) is 4.52. The zero-order valence-corrected chi connectivity index (χ0v) is 19.2. The molecule has 2 aromatic rings. The van der Waals surface area contributed by atoms with E-state index in [1.807, 2.05) is 30.3 Å². The van der Waals surface area contributed by atoms with E-state index in [2.05, 4.69) is 4.90 Å². The molecule has 2 fully saturated rings. The lowest BCUT2D eigenvalue weighted by atomic mass is 10.0. The predicted molar refractivity (Wildman–Crippen MR) is 121 cm³/mol. The van der Waals surface area contributed by atoms with Gasteiger partial charge in [-0.3, -0.25) is 9.69 Å². The van der Waals surface area contributed by atoms with Crippen LogP contribution < -0.4 is 0 Å². The molecule has 0 aromatic heterocycles. The number of nitriles is 1. The summed E-state index contributed by atoms with van der Waals surface area (Å²) < 4.78 is 27.4. The lowest BCUT2D eigenvalue weighted by molar-refractivity contribution is -0.133. The Morgan fingerprint density at radius 2 is 1.72 bits per heavy atom. The Morgan fingerprint density at radius 3 is 2.44 bits per heavy atom. The maximum atomic E-state index is 13.0. The molecule has 2 aromatic carbocycles. The maximum Gasteiger partial charge on any atom is 0.244 e. The second-order valence-corrected chi connectivity index (χ2v) is 10.4. The molecule has 1 unspecified atom stereocenters. The molecule has 7 nitrogen and oxygen atoms in total. The lowest BCUT2D eigenvalue weighted by Crippen LogP contribution is -2.52. The highest BCUT2D eigenvalue weighted by molar-refractivity contribution is 7.89. The van der Waals surface area contributed by atoms with E-state index in [1.165, 1.54) is 16.4 Å². The number of hydrogen-bond acceptors (Lipinski definition) is 5. The number of rotatable bonds is 5. The Balaban J connectivity index is 1.39. The molecule has 2 heterocycles. The number of hydrogen-bond donors (Lipinski definition) is 0. The van der Waals surface area contributed by atoms with Gasteiger partial charge < -0.3 is 4.90 Å². The van der Waals surface area contributed by atoms with E-state index in [0.29, 0.717) is 24.7 Å². The first kappa shape index (κ1) is 22.7. The fourth-order valence-corrected chi connectivity index (χ4v) is 6.31. The molecule has 0 aliphatic carbocycles. The summed E-state index contributed by atoms with van der Waals surface area (Å²) in [7, 11) is -3.78. The molecule has 2 aliphatic rings. The summed E-state index contributed by atoms with van der Waals surface area (Å²) >= 11 is 6.38. The molecule has 32 heavy (non-hydrogen) atoms. The molecule has 2 saturated heterocycles. The van der Waals surface area contributed by atoms with Crippen molar-refractivity contribution in [2.75, 3.05) is 39.3 Å². The number of halogens is 1. The van der Waals surface area contributed by atoms with Crippen LogP contribution in [0.2, 0.25) is 5.02 Å². The van der Waals surface area contributed by atoms with Crippen molar-refractivity contribution in [2.45, 2.75) is 23.8 Å². The highest BCUT2D eigenvalue weighted by atomic mass is 35.5. The van der Waals surface area contributed by atoms with E-state index in [0.717, 1.165) is 24.9 Å². The summed E-state index contributed by atoms with van der Waals surface area (Å²) in [5, 5.41) is 9.97.